The quantitative estimate of drug-likeness (QED) is 0.194. The molecule has 0 amide bonds. The molecule has 0 aliphatic heterocycles. The van der Waals surface area contributed by atoms with E-state index >= 15 is 0 Å². The normalized spacial score (nSPS) is 13.9. The Hall–Kier alpha value is -4.30. The van der Waals surface area contributed by atoms with E-state index in [4.69, 9.17) is 0 Å². The van der Waals surface area contributed by atoms with Gasteiger partial charge >= 0.3 is 0 Å². The first-order valence-corrected chi connectivity index (χ1v) is 11.3. The summed E-state index contributed by atoms with van der Waals surface area (Å²) in [6.07, 6.45) is 9.04. The molecule has 7 aromatic carbocycles. The predicted octanol–water partition coefficient (Wildman–Crippen LogP) is 7.07. The molecule has 2 nitrogen and oxygen atoms in total. The number of hydrogen-bond donors (Lipinski definition) is 0. The lowest BCUT2D eigenvalue weighted by atomic mass is 9.83. The van der Waals surface area contributed by atoms with Gasteiger partial charge in [-0.25, -0.2) is 0 Å². The van der Waals surface area contributed by atoms with E-state index in [0.29, 0.717) is 0 Å². The van der Waals surface area contributed by atoms with Gasteiger partial charge in [0.1, 0.15) is 0 Å². The summed E-state index contributed by atoms with van der Waals surface area (Å²) in [4.78, 5) is 27.0. The van der Waals surface area contributed by atoms with Crippen LogP contribution in [0, 0.1) is 0 Å². The summed E-state index contributed by atoms with van der Waals surface area (Å²) >= 11 is 0. The zero-order chi connectivity index (χ0) is 21.8. The first-order chi connectivity index (χ1) is 16.2. The maximum atomic E-state index is 13.5. The Bertz CT molecular complexity index is 2130. The van der Waals surface area contributed by atoms with Crippen molar-refractivity contribution in [3.05, 3.63) is 104 Å². The highest BCUT2D eigenvalue weighted by atomic mass is 16.1. The fourth-order valence-corrected chi connectivity index (χ4v) is 6.10. The van der Waals surface area contributed by atoms with Gasteiger partial charge in [0.25, 0.3) is 0 Å². The van der Waals surface area contributed by atoms with Crippen LogP contribution in [0.2, 0.25) is 0 Å². The van der Waals surface area contributed by atoms with Gasteiger partial charge in [0.2, 0.25) is 0 Å². The Labute approximate surface area is 187 Å². The molecule has 0 unspecified atom stereocenters. The van der Waals surface area contributed by atoms with Crippen LogP contribution >= 0.6 is 0 Å². The van der Waals surface area contributed by atoms with E-state index in [9.17, 15) is 9.59 Å². The van der Waals surface area contributed by atoms with Crippen LogP contribution in [-0.4, -0.2) is 0 Å². The summed E-state index contributed by atoms with van der Waals surface area (Å²) < 4.78 is 0. The summed E-state index contributed by atoms with van der Waals surface area (Å²) in [5.74, 6) is 0. The minimum atomic E-state index is 0.0708. The molecule has 0 N–H and O–H groups in total. The van der Waals surface area contributed by atoms with E-state index in [0.717, 1.165) is 82.2 Å². The van der Waals surface area contributed by atoms with E-state index in [-0.39, 0.29) is 10.9 Å². The zero-order valence-electron chi connectivity index (χ0n) is 17.6. The third-order valence-corrected chi connectivity index (χ3v) is 7.48. The molecule has 152 valence electrons. The predicted molar refractivity (Wildman–Crippen MR) is 140 cm³/mol. The number of benzene rings is 7. The number of hydrogen-bond acceptors (Lipinski definition) is 2. The Morgan fingerprint density at radius 1 is 0.485 bits per heavy atom. The van der Waals surface area contributed by atoms with Crippen molar-refractivity contribution in [1.29, 1.82) is 0 Å². The molecule has 0 aromatic heterocycles. The first-order valence-electron chi connectivity index (χ1n) is 11.3. The van der Waals surface area contributed by atoms with Gasteiger partial charge in [0.15, 0.2) is 10.9 Å². The van der Waals surface area contributed by atoms with Gasteiger partial charge in [-0.15, -0.1) is 0 Å². The molecule has 0 atom stereocenters. The Morgan fingerprint density at radius 2 is 1.09 bits per heavy atom. The van der Waals surface area contributed by atoms with Crippen LogP contribution in [0.25, 0.3) is 76.8 Å². The van der Waals surface area contributed by atoms with Crippen molar-refractivity contribution in [3.8, 4) is 0 Å². The van der Waals surface area contributed by atoms with Crippen molar-refractivity contribution in [1.82, 2.24) is 0 Å². The van der Waals surface area contributed by atoms with Crippen molar-refractivity contribution in [2.45, 2.75) is 6.42 Å². The van der Waals surface area contributed by atoms with E-state index < -0.39 is 0 Å². The highest BCUT2D eigenvalue weighted by Gasteiger charge is 2.22. The molecule has 1 aliphatic rings. The topological polar surface area (TPSA) is 34.1 Å². The van der Waals surface area contributed by atoms with Gasteiger partial charge in [-0.2, -0.15) is 0 Å². The minimum Gasteiger partial charge on any atom is -0.289 e. The number of allylic oxidation sites excluding steroid dienone is 2. The molecule has 8 rings (SSSR count). The highest BCUT2D eigenvalue weighted by Crippen LogP contribution is 2.45. The van der Waals surface area contributed by atoms with E-state index in [2.05, 4.69) is 36.4 Å². The lowest BCUT2D eigenvalue weighted by Gasteiger charge is -2.19. The molecule has 0 saturated carbocycles. The van der Waals surface area contributed by atoms with Crippen LogP contribution in [0.3, 0.4) is 0 Å². The minimum absolute atomic E-state index is 0.0708. The molecule has 1 aliphatic carbocycles. The van der Waals surface area contributed by atoms with E-state index in [1.807, 2.05) is 48.6 Å². The summed E-state index contributed by atoms with van der Waals surface area (Å²) in [5, 5.41) is 11.9. The maximum Gasteiger partial charge on any atom is 0.194 e. The van der Waals surface area contributed by atoms with Gasteiger partial charge in [-0.05, 0) is 74.0 Å². The Balaban J connectivity index is 1.76. The zero-order valence-corrected chi connectivity index (χ0v) is 17.6. The van der Waals surface area contributed by atoms with Crippen LogP contribution in [0.1, 0.15) is 17.5 Å². The third kappa shape index (κ3) is 1.96. The Morgan fingerprint density at radius 3 is 1.85 bits per heavy atom. The van der Waals surface area contributed by atoms with E-state index in [1.165, 1.54) is 0 Å². The molecular formula is C31H16O2. The lowest BCUT2D eigenvalue weighted by molar-refractivity contribution is 1.44. The smallest absolute Gasteiger partial charge is 0.194 e. The van der Waals surface area contributed by atoms with Crippen molar-refractivity contribution >= 4 is 76.8 Å². The lowest BCUT2D eigenvalue weighted by Crippen LogP contribution is -2.09. The van der Waals surface area contributed by atoms with Crippen LogP contribution in [0.4, 0.5) is 0 Å². The van der Waals surface area contributed by atoms with Gasteiger partial charge in [0, 0.05) is 32.5 Å². The van der Waals surface area contributed by atoms with Crippen LogP contribution < -0.4 is 10.9 Å². The molecule has 0 radical (unpaired) electrons. The van der Waals surface area contributed by atoms with Crippen LogP contribution in [-0.2, 0) is 0 Å². The Kier molecular flexibility index (Phi) is 3.00. The highest BCUT2D eigenvalue weighted by molar-refractivity contribution is 6.39. The van der Waals surface area contributed by atoms with Gasteiger partial charge < -0.3 is 0 Å². The molecule has 0 spiro atoms. The average Bonchev–Trinajstić information content (AvgIpc) is 3.11. The van der Waals surface area contributed by atoms with Crippen molar-refractivity contribution < 1.29 is 0 Å². The van der Waals surface area contributed by atoms with Crippen LogP contribution in [0.5, 0.6) is 0 Å². The summed E-state index contributed by atoms with van der Waals surface area (Å²) in [7, 11) is 0. The molecule has 0 bridgehead atoms. The number of rotatable bonds is 0. The summed E-state index contributed by atoms with van der Waals surface area (Å²) in [6.45, 7) is 0. The average molecular weight is 420 g/mol. The third-order valence-electron chi connectivity index (χ3n) is 7.48. The monoisotopic (exact) mass is 420 g/mol. The fraction of sp³-hybridized carbons (Fsp3) is 0.0323. The molecule has 2 heteroatoms. The molecular weight excluding hydrogens is 404 g/mol. The largest absolute Gasteiger partial charge is 0.289 e. The van der Waals surface area contributed by atoms with Crippen LogP contribution in [0.15, 0.2) is 82.4 Å². The molecule has 0 fully saturated rings. The summed E-state index contributed by atoms with van der Waals surface area (Å²) in [6, 6.07) is 20.4. The fourth-order valence-electron chi connectivity index (χ4n) is 6.10. The number of fused-ring (bicyclic) bond motifs is 4. The van der Waals surface area contributed by atoms with Gasteiger partial charge in [0.05, 0.1) is 0 Å². The maximum absolute atomic E-state index is 13.5. The van der Waals surface area contributed by atoms with Crippen molar-refractivity contribution in [2.75, 3.05) is 0 Å². The molecule has 0 heterocycles. The van der Waals surface area contributed by atoms with Crippen molar-refractivity contribution in [2.24, 2.45) is 0 Å². The molecule has 7 aromatic rings. The first kappa shape index (κ1) is 17.3. The molecule has 0 saturated heterocycles. The second-order valence-corrected chi connectivity index (χ2v) is 9.09. The standard InChI is InChI=1S/C31H16O2/c32-30-20-8-3-1-2-6-18(20)24-14-16-11-13-23-29-25(19-7-4-5-9-21(19)31(23)33)15-17-10-12-22(30)28(24)26(17)27(16)29/h2-15H,1H2. The van der Waals surface area contributed by atoms with Gasteiger partial charge in [-0.1, -0.05) is 60.7 Å². The SMILES string of the molecule is O=c1c2c(c3cc4ccc5c(=O)c6ccccc6c6cc7ccc1c3c7c4c56)C=CCC=C2. The summed E-state index contributed by atoms with van der Waals surface area (Å²) in [5.41, 5.74) is 1.91. The second kappa shape index (κ2) is 5.73. The van der Waals surface area contributed by atoms with Crippen molar-refractivity contribution in [3.63, 3.8) is 0 Å². The van der Waals surface area contributed by atoms with E-state index in [1.54, 1.807) is 0 Å². The molecule has 33 heavy (non-hydrogen) atoms. The van der Waals surface area contributed by atoms with Gasteiger partial charge in [-0.3, -0.25) is 9.59 Å². The second-order valence-electron chi connectivity index (χ2n) is 9.09.